The lowest BCUT2D eigenvalue weighted by molar-refractivity contribution is -0.141. The Labute approximate surface area is 335 Å². The topological polar surface area (TPSA) is 173 Å². The Morgan fingerprint density at radius 1 is 1.11 bits per heavy atom. The molecule has 298 valence electrons. The molecule has 6 heterocycles. The van der Waals surface area contributed by atoms with Crippen LogP contribution in [0.1, 0.15) is 61.7 Å². The van der Waals surface area contributed by atoms with Crippen molar-refractivity contribution in [2.45, 2.75) is 70.2 Å². The van der Waals surface area contributed by atoms with Crippen molar-refractivity contribution in [1.29, 1.82) is 0 Å². The van der Waals surface area contributed by atoms with Gasteiger partial charge in [-0.25, -0.2) is 4.98 Å². The van der Waals surface area contributed by atoms with E-state index in [1.807, 2.05) is 93.7 Å². The fraction of sp³-hybridized carbons (Fsp3) is 0.429. The quantitative estimate of drug-likeness (QED) is 0.133. The summed E-state index contributed by atoms with van der Waals surface area (Å²) in [5.74, 6) is 0.639. The number of likely N-dealkylation sites (tertiary alicyclic amines) is 2. The number of benzene rings is 2. The molecular weight excluding hydrogens is 743 g/mol. The molecule has 15 heteroatoms. The number of nitrogens with zero attached hydrogens (tertiary/aromatic N) is 7. The van der Waals surface area contributed by atoms with Crippen LogP contribution >= 0.6 is 11.3 Å². The number of β-amino-alcohol motifs (C(OH)–C–C–N with tert-alkyl or cyclic N) is 1. The number of phenols is 1. The molecule has 2 fully saturated rings. The molecular formula is C42H49N9O5S. The average molecular weight is 792 g/mol. The molecule has 1 spiro atoms. The van der Waals surface area contributed by atoms with E-state index >= 15 is 0 Å². The third-order valence-corrected chi connectivity index (χ3v) is 12.5. The lowest BCUT2D eigenvalue weighted by Crippen LogP contribution is -2.66. The van der Waals surface area contributed by atoms with Crippen molar-refractivity contribution >= 4 is 34.8 Å². The van der Waals surface area contributed by atoms with E-state index in [1.165, 1.54) is 4.90 Å². The third kappa shape index (κ3) is 7.71. The van der Waals surface area contributed by atoms with Gasteiger partial charge in [-0.15, -0.1) is 21.5 Å². The number of nitrogens with one attached hydrogen (secondary N) is 2. The Hall–Kier alpha value is -5.38. The van der Waals surface area contributed by atoms with E-state index in [0.717, 1.165) is 59.1 Å². The Kier molecular flexibility index (Phi) is 10.5. The van der Waals surface area contributed by atoms with Crippen molar-refractivity contribution < 1.29 is 24.3 Å². The smallest absolute Gasteiger partial charge is 0.243 e. The van der Waals surface area contributed by atoms with Gasteiger partial charge in [-0.2, -0.15) is 0 Å². The van der Waals surface area contributed by atoms with Gasteiger partial charge in [0.15, 0.2) is 17.4 Å². The largest absolute Gasteiger partial charge is 0.507 e. The van der Waals surface area contributed by atoms with Crippen LogP contribution in [0.5, 0.6) is 5.75 Å². The molecule has 3 aromatic heterocycles. The highest BCUT2D eigenvalue weighted by Crippen LogP contribution is 2.39. The summed E-state index contributed by atoms with van der Waals surface area (Å²) in [4.78, 5) is 39.3. The first-order valence-electron chi connectivity index (χ1n) is 19.5. The molecule has 14 nitrogen and oxygen atoms in total. The number of rotatable bonds is 12. The van der Waals surface area contributed by atoms with Crippen LogP contribution in [0.25, 0.3) is 21.7 Å². The number of hydrogen-bond acceptors (Lipinski definition) is 13. The lowest BCUT2D eigenvalue weighted by Gasteiger charge is -2.48. The standard InChI is InChI=1S/C42H49N9O5S/c1-24(2)37(41(55)51-20-30(52)17-33(51)40(54)44-25(3)27-10-12-28(13-11-27)38-26(4)43-23-57-38)35-18-36(48-56-35)49(5)14-15-50-21-42(22-50)19-29-16-32(46-47-39(29)45-42)31-8-6-7-9-34(31)53/h6-13,16,18,23-25,30,33,37,52-53H,14-15,17,19-22H2,1-5H3,(H,44,54)(H,45,47)/t25-,30+,33-,37+/m0/s1. The number of aliphatic hydroxyl groups excluding tert-OH is 1. The molecule has 57 heavy (non-hydrogen) atoms. The van der Waals surface area contributed by atoms with Crippen LogP contribution in [-0.4, -0.2) is 110 Å². The number of phenolic OH excluding ortho intramolecular Hbond substituents is 1. The fourth-order valence-electron chi connectivity index (χ4n) is 8.44. The van der Waals surface area contributed by atoms with Gasteiger partial charge in [-0.05, 0) is 49.1 Å². The molecule has 0 unspecified atom stereocenters. The van der Waals surface area contributed by atoms with E-state index in [1.54, 1.807) is 23.5 Å². The van der Waals surface area contributed by atoms with Gasteiger partial charge in [-0.3, -0.25) is 14.5 Å². The zero-order valence-corrected chi connectivity index (χ0v) is 33.7. The zero-order chi connectivity index (χ0) is 40.0. The Morgan fingerprint density at radius 3 is 2.60 bits per heavy atom. The summed E-state index contributed by atoms with van der Waals surface area (Å²) in [6.07, 6.45) is 0.184. The van der Waals surface area contributed by atoms with Crippen molar-refractivity contribution in [2.24, 2.45) is 5.92 Å². The maximum Gasteiger partial charge on any atom is 0.243 e. The molecule has 4 atom stereocenters. The molecule has 2 aromatic carbocycles. The van der Waals surface area contributed by atoms with E-state index in [0.29, 0.717) is 29.4 Å². The van der Waals surface area contributed by atoms with Crippen molar-refractivity contribution in [3.8, 4) is 27.4 Å². The molecule has 0 bridgehead atoms. The number of fused-ring (bicyclic) bond motifs is 1. The number of aromatic nitrogens is 4. The number of thiazole rings is 1. The average Bonchev–Trinajstić information content (AvgIpc) is 3.99. The first-order valence-corrected chi connectivity index (χ1v) is 20.4. The van der Waals surface area contributed by atoms with Gasteiger partial charge >= 0.3 is 0 Å². The van der Waals surface area contributed by atoms with Crippen LogP contribution in [0, 0.1) is 12.8 Å². The summed E-state index contributed by atoms with van der Waals surface area (Å²) in [5.41, 5.74) is 7.15. The number of amides is 2. The first kappa shape index (κ1) is 38.5. The van der Waals surface area contributed by atoms with Crippen LogP contribution in [0.3, 0.4) is 0 Å². The van der Waals surface area contributed by atoms with Gasteiger partial charge < -0.3 is 35.2 Å². The summed E-state index contributed by atoms with van der Waals surface area (Å²) in [6, 6.07) is 17.9. The number of likely N-dealkylation sites (N-methyl/N-ethyl adjacent to an activating group) is 1. The van der Waals surface area contributed by atoms with Gasteiger partial charge in [0.2, 0.25) is 11.8 Å². The number of aliphatic hydroxyl groups is 1. The number of para-hydroxylation sites is 1. The van der Waals surface area contributed by atoms with E-state index < -0.39 is 18.1 Å². The molecule has 3 aliphatic rings. The number of carbonyl (C=O) groups is 2. The number of anilines is 2. The monoisotopic (exact) mass is 791 g/mol. The normalized spacial score (nSPS) is 19.6. The van der Waals surface area contributed by atoms with Crippen LogP contribution < -0.4 is 15.5 Å². The highest BCUT2D eigenvalue weighted by molar-refractivity contribution is 7.13. The summed E-state index contributed by atoms with van der Waals surface area (Å²) < 4.78 is 5.83. The summed E-state index contributed by atoms with van der Waals surface area (Å²) in [5, 5.41) is 40.8. The highest BCUT2D eigenvalue weighted by Gasteiger charge is 2.48. The highest BCUT2D eigenvalue weighted by atomic mass is 32.1. The Morgan fingerprint density at radius 2 is 1.88 bits per heavy atom. The van der Waals surface area contributed by atoms with Gasteiger partial charge in [0.05, 0.1) is 39.5 Å². The number of aromatic hydroxyl groups is 1. The van der Waals surface area contributed by atoms with Crippen LogP contribution in [0.4, 0.5) is 11.6 Å². The molecule has 4 N–H and O–H groups in total. The molecule has 2 amide bonds. The Balaban J connectivity index is 0.856. The summed E-state index contributed by atoms with van der Waals surface area (Å²) in [7, 11) is 1.95. The minimum absolute atomic E-state index is 0.0694. The van der Waals surface area contributed by atoms with Gasteiger partial charge in [-0.1, -0.05) is 55.4 Å². The molecule has 0 aliphatic carbocycles. The SMILES string of the molecule is Cc1ncsc1-c1ccc([C@H](C)NC(=O)[C@@H]2C[C@@H](O)CN2C(=O)[C@@H](c2cc(N(C)CCN3CC4(Cc5cc(-c6ccccc6O)nnc5N4)C3)no2)C(C)C)cc1. The van der Waals surface area contributed by atoms with Gasteiger partial charge in [0.25, 0.3) is 0 Å². The third-order valence-electron chi connectivity index (χ3n) is 11.6. The van der Waals surface area contributed by atoms with Crippen LogP contribution in [0.2, 0.25) is 0 Å². The van der Waals surface area contributed by atoms with E-state index in [2.05, 4.69) is 35.9 Å². The maximum absolute atomic E-state index is 14.2. The Bertz CT molecular complexity index is 2250. The molecule has 0 radical (unpaired) electrons. The van der Waals surface area contributed by atoms with Crippen molar-refractivity contribution in [3.63, 3.8) is 0 Å². The second kappa shape index (κ2) is 15.5. The van der Waals surface area contributed by atoms with Crippen LogP contribution in [0.15, 0.2) is 70.7 Å². The van der Waals surface area contributed by atoms with Gasteiger partial charge in [0.1, 0.15) is 17.7 Å². The fourth-order valence-corrected chi connectivity index (χ4v) is 9.25. The van der Waals surface area contributed by atoms with E-state index in [4.69, 9.17) is 4.52 Å². The summed E-state index contributed by atoms with van der Waals surface area (Å²) in [6.45, 7) is 11.1. The van der Waals surface area contributed by atoms with E-state index in [-0.39, 0.29) is 48.0 Å². The summed E-state index contributed by atoms with van der Waals surface area (Å²) >= 11 is 1.59. The maximum atomic E-state index is 14.2. The zero-order valence-electron chi connectivity index (χ0n) is 32.8. The first-order chi connectivity index (χ1) is 27.4. The lowest BCUT2D eigenvalue weighted by atomic mass is 9.86. The van der Waals surface area contributed by atoms with Crippen molar-refractivity contribution in [2.75, 3.05) is 50.0 Å². The minimum Gasteiger partial charge on any atom is -0.507 e. The predicted octanol–water partition coefficient (Wildman–Crippen LogP) is 5.01. The van der Waals surface area contributed by atoms with Crippen molar-refractivity contribution in [1.82, 2.24) is 35.5 Å². The second-order valence-corrected chi connectivity index (χ2v) is 17.0. The molecule has 5 aromatic rings. The van der Waals surface area contributed by atoms with Crippen molar-refractivity contribution in [3.05, 3.63) is 88.8 Å². The molecule has 8 rings (SSSR count). The second-order valence-electron chi connectivity index (χ2n) is 16.2. The molecule has 2 saturated heterocycles. The van der Waals surface area contributed by atoms with Gasteiger partial charge in [0, 0.05) is 69.8 Å². The molecule has 3 aliphatic heterocycles. The number of aryl methyl sites for hydroxylation is 1. The van der Waals surface area contributed by atoms with Crippen LogP contribution in [-0.2, 0) is 16.0 Å². The number of carbonyl (C=O) groups excluding carboxylic acids is 2. The number of hydrogen-bond donors (Lipinski definition) is 4. The minimum atomic E-state index is -0.811. The van der Waals surface area contributed by atoms with E-state index in [9.17, 15) is 19.8 Å². The predicted molar refractivity (Wildman–Crippen MR) is 218 cm³/mol. The molecule has 0 saturated carbocycles.